The Balaban J connectivity index is 2.79. The van der Waals surface area contributed by atoms with Gasteiger partial charge in [0.25, 0.3) is 0 Å². The Morgan fingerprint density at radius 2 is 1.75 bits per heavy atom. The lowest BCUT2D eigenvalue weighted by Crippen LogP contribution is -2.20. The van der Waals surface area contributed by atoms with Crippen LogP contribution in [0.4, 0.5) is 0 Å². The maximum absolute atomic E-state index is 11.8. The first-order chi connectivity index (χ1) is 9.47. The zero-order valence-corrected chi connectivity index (χ0v) is 10.2. The molecule has 0 saturated carbocycles. The number of ketones is 1. The number of carbonyl (C=O) groups is 3. The van der Waals surface area contributed by atoms with Crippen LogP contribution < -0.4 is 0 Å². The van der Waals surface area contributed by atoms with Crippen LogP contribution >= 0.6 is 0 Å². The summed E-state index contributed by atoms with van der Waals surface area (Å²) in [7, 11) is 0. The highest BCUT2D eigenvalue weighted by atomic mass is 16.5. The zero-order valence-electron chi connectivity index (χ0n) is 10.2. The van der Waals surface area contributed by atoms with E-state index in [0.717, 1.165) is 12.1 Å². The van der Waals surface area contributed by atoms with Gasteiger partial charge in [-0.25, -0.2) is 9.59 Å². The van der Waals surface area contributed by atoms with Crippen molar-refractivity contribution in [3.8, 4) is 0 Å². The second-order valence-electron chi connectivity index (χ2n) is 4.01. The third kappa shape index (κ3) is 2.07. The summed E-state index contributed by atoms with van der Waals surface area (Å²) in [6, 6.07) is 2.36. The van der Waals surface area contributed by atoms with E-state index >= 15 is 0 Å². The van der Waals surface area contributed by atoms with Gasteiger partial charge in [-0.1, -0.05) is 6.58 Å². The second-order valence-corrected chi connectivity index (χ2v) is 4.01. The fourth-order valence-electron chi connectivity index (χ4n) is 1.97. The molecule has 0 amide bonds. The molecule has 0 aromatic heterocycles. The van der Waals surface area contributed by atoms with E-state index in [1.54, 1.807) is 0 Å². The van der Waals surface area contributed by atoms with Crippen LogP contribution in [0, 0.1) is 0 Å². The molecule has 102 valence electrons. The summed E-state index contributed by atoms with van der Waals surface area (Å²) in [6.45, 7) is 3.34. The quantitative estimate of drug-likeness (QED) is 0.629. The van der Waals surface area contributed by atoms with Gasteiger partial charge in [0.15, 0.2) is 5.78 Å². The Bertz CT molecular complexity index is 656. The number of aromatic carboxylic acids is 2. The van der Waals surface area contributed by atoms with E-state index in [-0.39, 0.29) is 11.1 Å². The Hall–Kier alpha value is -2.89. The molecule has 0 spiro atoms. The molecule has 1 aromatic rings. The van der Waals surface area contributed by atoms with Crippen LogP contribution in [0.5, 0.6) is 0 Å². The van der Waals surface area contributed by atoms with Crippen LogP contribution in [0.15, 0.2) is 37.1 Å². The van der Waals surface area contributed by atoms with Crippen molar-refractivity contribution < 1.29 is 29.3 Å². The molecular weight excluding hydrogens is 264 g/mol. The third-order valence-electron chi connectivity index (χ3n) is 2.90. The maximum atomic E-state index is 11.8. The summed E-state index contributed by atoms with van der Waals surface area (Å²) in [5.41, 5.74) is -0.738. The molecule has 1 unspecified atom stereocenters. The van der Waals surface area contributed by atoms with Crippen LogP contribution in [-0.4, -0.2) is 27.9 Å². The summed E-state index contributed by atoms with van der Waals surface area (Å²) in [6.07, 6.45) is 3.16. The molecule has 2 N–H and O–H groups in total. The minimum atomic E-state index is -1.43. The number of benzene rings is 1. The van der Waals surface area contributed by atoms with Crippen molar-refractivity contribution in [2.45, 2.75) is 6.10 Å². The predicted molar refractivity (Wildman–Crippen MR) is 67.9 cm³/mol. The zero-order chi connectivity index (χ0) is 14.9. The molecule has 0 bridgehead atoms. The number of carboxylic acid groups (broad SMARTS) is 2. The molecule has 1 aliphatic rings. The smallest absolute Gasteiger partial charge is 0.337 e. The van der Waals surface area contributed by atoms with E-state index in [2.05, 4.69) is 6.58 Å². The molecule has 1 heterocycles. The van der Waals surface area contributed by atoms with Gasteiger partial charge >= 0.3 is 11.9 Å². The molecule has 1 aliphatic heterocycles. The van der Waals surface area contributed by atoms with Crippen molar-refractivity contribution in [1.29, 1.82) is 0 Å². The SMILES string of the molecule is C=CC(=O)c1ccc(C(=O)O)c(C(=O)O)c1C1C=CO1. The predicted octanol–water partition coefficient (Wildman–Crippen LogP) is 2.04. The number of ether oxygens (including phenoxy) is 1. The van der Waals surface area contributed by atoms with Crippen molar-refractivity contribution in [3.05, 3.63) is 59.4 Å². The number of hydrogen-bond donors (Lipinski definition) is 2. The summed E-state index contributed by atoms with van der Waals surface area (Å²) in [5, 5.41) is 18.3. The molecule has 6 heteroatoms. The number of carbonyl (C=O) groups excluding carboxylic acids is 1. The van der Waals surface area contributed by atoms with Crippen molar-refractivity contribution >= 4 is 17.7 Å². The molecule has 6 nitrogen and oxygen atoms in total. The molecule has 1 atom stereocenters. The van der Waals surface area contributed by atoms with E-state index in [9.17, 15) is 19.5 Å². The number of carboxylic acids is 2. The van der Waals surface area contributed by atoms with Crippen LogP contribution in [-0.2, 0) is 4.74 Å². The fourth-order valence-corrected chi connectivity index (χ4v) is 1.97. The summed E-state index contributed by atoms with van der Waals surface area (Å²) in [5.74, 6) is -3.31. The number of rotatable bonds is 5. The topological polar surface area (TPSA) is 101 Å². The summed E-state index contributed by atoms with van der Waals surface area (Å²) >= 11 is 0. The lowest BCUT2D eigenvalue weighted by molar-refractivity contribution is 0.0643. The second kappa shape index (κ2) is 5.00. The van der Waals surface area contributed by atoms with Crippen LogP contribution in [0.25, 0.3) is 0 Å². The van der Waals surface area contributed by atoms with Gasteiger partial charge in [-0.2, -0.15) is 0 Å². The lowest BCUT2D eigenvalue weighted by atomic mass is 9.89. The van der Waals surface area contributed by atoms with Gasteiger partial charge < -0.3 is 14.9 Å². The average molecular weight is 274 g/mol. The highest BCUT2D eigenvalue weighted by Crippen LogP contribution is 2.34. The minimum Gasteiger partial charge on any atom is -0.489 e. The molecule has 20 heavy (non-hydrogen) atoms. The van der Waals surface area contributed by atoms with E-state index in [1.807, 2.05) is 0 Å². The first-order valence-electron chi connectivity index (χ1n) is 5.59. The van der Waals surface area contributed by atoms with Gasteiger partial charge in [0.1, 0.15) is 6.10 Å². The number of hydrogen-bond acceptors (Lipinski definition) is 4. The fraction of sp³-hybridized carbons (Fsp3) is 0.0714. The van der Waals surface area contributed by atoms with Gasteiger partial charge in [0.2, 0.25) is 0 Å². The Kier molecular flexibility index (Phi) is 3.39. The van der Waals surface area contributed by atoms with Crippen molar-refractivity contribution in [1.82, 2.24) is 0 Å². The lowest BCUT2D eigenvalue weighted by Gasteiger charge is -2.24. The first kappa shape index (κ1) is 13.5. The molecular formula is C14H10O6. The van der Waals surface area contributed by atoms with E-state index < -0.39 is 35.0 Å². The number of allylic oxidation sites excluding steroid dienone is 1. The summed E-state index contributed by atoms with van der Waals surface area (Å²) in [4.78, 5) is 34.3. The van der Waals surface area contributed by atoms with E-state index in [1.165, 1.54) is 18.4 Å². The Labute approximate surface area is 113 Å². The van der Waals surface area contributed by atoms with Gasteiger partial charge in [-0.15, -0.1) is 0 Å². The van der Waals surface area contributed by atoms with E-state index in [4.69, 9.17) is 9.84 Å². The van der Waals surface area contributed by atoms with E-state index in [0.29, 0.717) is 0 Å². The first-order valence-corrected chi connectivity index (χ1v) is 5.59. The standard InChI is InChI=1S/C14H10O6/c1-2-9(15)7-3-4-8(13(16)17)12(14(18)19)11(7)10-5-6-20-10/h2-6,10H,1H2,(H,16,17)(H,18,19). The largest absolute Gasteiger partial charge is 0.489 e. The highest BCUT2D eigenvalue weighted by Gasteiger charge is 2.31. The van der Waals surface area contributed by atoms with Crippen LogP contribution in [0.2, 0.25) is 0 Å². The molecule has 1 aromatic carbocycles. The van der Waals surface area contributed by atoms with Gasteiger partial charge in [0.05, 0.1) is 17.4 Å². The molecule has 0 saturated heterocycles. The average Bonchev–Trinajstić information content (AvgIpc) is 2.34. The third-order valence-corrected chi connectivity index (χ3v) is 2.90. The molecule has 0 aliphatic carbocycles. The summed E-state index contributed by atoms with van der Waals surface area (Å²) < 4.78 is 5.05. The van der Waals surface area contributed by atoms with Gasteiger partial charge in [0, 0.05) is 11.1 Å². The minimum absolute atomic E-state index is 0.0322. The monoisotopic (exact) mass is 274 g/mol. The Morgan fingerprint density at radius 1 is 1.15 bits per heavy atom. The van der Waals surface area contributed by atoms with Gasteiger partial charge in [-0.3, -0.25) is 4.79 Å². The Morgan fingerprint density at radius 3 is 2.15 bits per heavy atom. The molecule has 2 rings (SSSR count). The normalized spacial score (nSPS) is 15.9. The van der Waals surface area contributed by atoms with Crippen molar-refractivity contribution in [3.63, 3.8) is 0 Å². The molecule has 0 fully saturated rings. The van der Waals surface area contributed by atoms with Gasteiger partial charge in [-0.05, 0) is 24.3 Å². The van der Waals surface area contributed by atoms with Crippen LogP contribution in [0.1, 0.15) is 42.7 Å². The molecule has 0 radical (unpaired) electrons. The van der Waals surface area contributed by atoms with Crippen molar-refractivity contribution in [2.24, 2.45) is 0 Å². The maximum Gasteiger partial charge on any atom is 0.337 e. The van der Waals surface area contributed by atoms with Crippen LogP contribution in [0.3, 0.4) is 0 Å². The highest BCUT2D eigenvalue weighted by molar-refractivity contribution is 6.10. The van der Waals surface area contributed by atoms with Crippen molar-refractivity contribution in [2.75, 3.05) is 0 Å².